The number of aryl methyl sites for hydroxylation is 1. The summed E-state index contributed by atoms with van der Waals surface area (Å²) in [4.78, 5) is -0.00671. The van der Waals surface area contributed by atoms with Gasteiger partial charge in [-0.3, -0.25) is 4.18 Å². The molecule has 0 aliphatic rings. The highest BCUT2D eigenvalue weighted by Crippen LogP contribution is 2.37. The fourth-order valence-corrected chi connectivity index (χ4v) is 3.94. The van der Waals surface area contributed by atoms with Crippen LogP contribution in [0.3, 0.4) is 0 Å². The Balaban J connectivity index is 2.00. The van der Waals surface area contributed by atoms with E-state index in [1.54, 1.807) is 72.8 Å². The average molecular weight is 410 g/mol. The summed E-state index contributed by atoms with van der Waals surface area (Å²) in [5, 5.41) is 21.5. The molecular weight excluding hydrogens is 388 g/mol. The first-order valence-electron chi connectivity index (χ1n) is 9.01. The Morgan fingerprint density at radius 1 is 0.931 bits per heavy atom. The van der Waals surface area contributed by atoms with Crippen molar-refractivity contribution in [2.45, 2.75) is 17.4 Å². The van der Waals surface area contributed by atoms with Crippen molar-refractivity contribution in [2.75, 3.05) is 6.61 Å². The van der Waals surface area contributed by atoms with Crippen molar-refractivity contribution >= 4 is 15.7 Å². The highest BCUT2D eigenvalue weighted by Gasteiger charge is 2.37. The second-order valence-electron chi connectivity index (χ2n) is 6.66. The third-order valence-electron chi connectivity index (χ3n) is 4.64. The van der Waals surface area contributed by atoms with Crippen molar-refractivity contribution in [1.29, 1.82) is 0 Å². The number of benzene rings is 3. The van der Waals surface area contributed by atoms with Crippen LogP contribution < -0.4 is 0 Å². The predicted octanol–water partition coefficient (Wildman–Crippen LogP) is 4.19. The molecule has 5 nitrogen and oxygen atoms in total. The van der Waals surface area contributed by atoms with Crippen LogP contribution in [0.1, 0.15) is 16.7 Å². The third kappa shape index (κ3) is 4.56. The van der Waals surface area contributed by atoms with Crippen LogP contribution >= 0.6 is 0 Å². The van der Waals surface area contributed by atoms with Gasteiger partial charge in [0.05, 0.1) is 11.2 Å². The maximum atomic E-state index is 12.7. The monoisotopic (exact) mass is 410 g/mol. The van der Waals surface area contributed by atoms with E-state index in [4.69, 9.17) is 4.18 Å². The minimum atomic E-state index is -4.11. The van der Waals surface area contributed by atoms with Gasteiger partial charge in [0, 0.05) is 5.57 Å². The van der Waals surface area contributed by atoms with Crippen LogP contribution in [0.5, 0.6) is 0 Å². The van der Waals surface area contributed by atoms with Gasteiger partial charge in [-0.1, -0.05) is 78.4 Å². The molecule has 1 atom stereocenters. The van der Waals surface area contributed by atoms with E-state index in [2.05, 4.69) is 0 Å². The Kier molecular flexibility index (Phi) is 6.17. The fourth-order valence-electron chi connectivity index (χ4n) is 3.00. The number of aliphatic hydroxyl groups is 2. The van der Waals surface area contributed by atoms with E-state index in [0.717, 1.165) is 11.8 Å². The summed E-state index contributed by atoms with van der Waals surface area (Å²) in [5.41, 5.74) is 0.0819. The van der Waals surface area contributed by atoms with E-state index < -0.39 is 22.3 Å². The summed E-state index contributed by atoms with van der Waals surface area (Å²) in [6, 6.07) is 23.5. The summed E-state index contributed by atoms with van der Waals surface area (Å²) in [6.45, 7) is 1.25. The zero-order valence-electron chi connectivity index (χ0n) is 15.9. The van der Waals surface area contributed by atoms with Crippen LogP contribution in [0, 0.1) is 6.92 Å². The molecule has 0 bridgehead atoms. The van der Waals surface area contributed by atoms with Crippen molar-refractivity contribution in [3.63, 3.8) is 0 Å². The molecule has 0 aliphatic carbocycles. The second kappa shape index (κ2) is 8.61. The van der Waals surface area contributed by atoms with Gasteiger partial charge in [-0.2, -0.15) is 8.42 Å². The largest absolute Gasteiger partial charge is 0.515 e. The molecule has 0 saturated heterocycles. The lowest BCUT2D eigenvalue weighted by Gasteiger charge is -2.30. The predicted molar refractivity (Wildman–Crippen MR) is 112 cm³/mol. The van der Waals surface area contributed by atoms with Crippen LogP contribution in [0.4, 0.5) is 0 Å². The molecule has 1 unspecified atom stereocenters. The molecule has 3 aromatic rings. The summed E-state index contributed by atoms with van der Waals surface area (Å²) >= 11 is 0. The van der Waals surface area contributed by atoms with E-state index in [1.165, 1.54) is 12.1 Å². The maximum Gasteiger partial charge on any atom is 0.297 e. The van der Waals surface area contributed by atoms with Gasteiger partial charge in [-0.05, 0) is 30.2 Å². The molecular formula is C23H22O5S. The molecule has 29 heavy (non-hydrogen) atoms. The Morgan fingerprint density at radius 2 is 1.48 bits per heavy atom. The quantitative estimate of drug-likeness (QED) is 0.451. The van der Waals surface area contributed by atoms with Gasteiger partial charge in [0.25, 0.3) is 10.1 Å². The summed E-state index contributed by atoms with van der Waals surface area (Å²) < 4.78 is 30.6. The Labute approximate surface area is 170 Å². The van der Waals surface area contributed by atoms with Crippen LogP contribution in [0.25, 0.3) is 5.57 Å². The SMILES string of the molecule is Cc1ccc(S(=O)(=O)OCC(O)(/C(=C\O)c2ccccc2)c2ccccc2)cc1. The van der Waals surface area contributed by atoms with Crippen molar-refractivity contribution in [2.24, 2.45) is 0 Å². The molecule has 3 rings (SSSR count). The van der Waals surface area contributed by atoms with Gasteiger partial charge >= 0.3 is 0 Å². The molecule has 150 valence electrons. The van der Waals surface area contributed by atoms with E-state index in [1.807, 2.05) is 6.92 Å². The summed E-state index contributed by atoms with van der Waals surface area (Å²) in [5.74, 6) is 0. The van der Waals surface area contributed by atoms with Crippen LogP contribution in [0.2, 0.25) is 0 Å². The lowest BCUT2D eigenvalue weighted by Crippen LogP contribution is -2.34. The lowest BCUT2D eigenvalue weighted by atomic mass is 9.83. The molecule has 0 fully saturated rings. The number of rotatable bonds is 7. The highest BCUT2D eigenvalue weighted by atomic mass is 32.2. The van der Waals surface area contributed by atoms with Gasteiger partial charge in [0.1, 0.15) is 12.2 Å². The molecule has 0 amide bonds. The molecule has 2 N–H and O–H groups in total. The molecule has 3 aromatic carbocycles. The average Bonchev–Trinajstić information content (AvgIpc) is 2.75. The molecule has 0 spiro atoms. The van der Waals surface area contributed by atoms with Crippen molar-refractivity contribution in [3.05, 3.63) is 108 Å². The highest BCUT2D eigenvalue weighted by molar-refractivity contribution is 7.86. The molecule has 6 heteroatoms. The van der Waals surface area contributed by atoms with Gasteiger partial charge < -0.3 is 10.2 Å². The Morgan fingerprint density at radius 3 is 2.03 bits per heavy atom. The minimum absolute atomic E-state index is 0.00671. The van der Waals surface area contributed by atoms with E-state index in [9.17, 15) is 18.6 Å². The van der Waals surface area contributed by atoms with Crippen LogP contribution in [-0.4, -0.2) is 25.2 Å². The normalized spacial score (nSPS) is 14.3. The smallest absolute Gasteiger partial charge is 0.297 e. The zero-order valence-corrected chi connectivity index (χ0v) is 16.7. The van der Waals surface area contributed by atoms with Crippen molar-refractivity contribution in [3.8, 4) is 0 Å². The topological polar surface area (TPSA) is 83.8 Å². The molecule has 0 radical (unpaired) electrons. The summed E-state index contributed by atoms with van der Waals surface area (Å²) in [6.07, 6.45) is 0.782. The van der Waals surface area contributed by atoms with Gasteiger partial charge in [-0.15, -0.1) is 0 Å². The van der Waals surface area contributed by atoms with E-state index in [-0.39, 0.29) is 10.5 Å². The van der Waals surface area contributed by atoms with Gasteiger partial charge in [0.2, 0.25) is 0 Å². The third-order valence-corrected chi connectivity index (χ3v) is 5.92. The molecule has 0 heterocycles. The van der Waals surface area contributed by atoms with E-state index in [0.29, 0.717) is 11.1 Å². The first-order chi connectivity index (χ1) is 13.9. The second-order valence-corrected chi connectivity index (χ2v) is 8.28. The zero-order chi connectivity index (χ0) is 20.9. The van der Waals surface area contributed by atoms with Gasteiger partial charge in [0.15, 0.2) is 0 Å². The number of aliphatic hydroxyl groups excluding tert-OH is 1. The number of hydrogen-bond donors (Lipinski definition) is 2. The standard InChI is InChI=1S/C23H22O5S/c1-18-12-14-21(15-13-18)29(26,27)28-17-23(25,20-10-6-3-7-11-20)22(16-24)19-8-4-2-5-9-19/h2-16,24-25H,17H2,1H3/b22-16-. The lowest BCUT2D eigenvalue weighted by molar-refractivity contribution is 0.0454. The maximum absolute atomic E-state index is 12.7. The van der Waals surface area contributed by atoms with Crippen LogP contribution in [-0.2, 0) is 19.9 Å². The molecule has 0 aliphatic heterocycles. The molecule has 0 aromatic heterocycles. The Hall–Kier alpha value is -2.93. The fraction of sp³-hybridized carbons (Fsp3) is 0.130. The van der Waals surface area contributed by atoms with E-state index >= 15 is 0 Å². The van der Waals surface area contributed by atoms with Crippen molar-refractivity contribution in [1.82, 2.24) is 0 Å². The number of hydrogen-bond acceptors (Lipinski definition) is 5. The minimum Gasteiger partial charge on any atom is -0.515 e. The Bertz CT molecular complexity index is 1080. The first kappa shape index (κ1) is 20.8. The molecule has 0 saturated carbocycles. The first-order valence-corrected chi connectivity index (χ1v) is 10.4. The van der Waals surface area contributed by atoms with Crippen LogP contribution in [0.15, 0.2) is 96.1 Å². The summed E-state index contributed by atoms with van der Waals surface area (Å²) in [7, 11) is -4.11. The van der Waals surface area contributed by atoms with Gasteiger partial charge in [-0.25, -0.2) is 0 Å². The van der Waals surface area contributed by atoms with Crippen molar-refractivity contribution < 1.29 is 22.8 Å².